The highest BCUT2D eigenvalue weighted by Crippen LogP contribution is 2.51. The van der Waals surface area contributed by atoms with E-state index in [1.807, 2.05) is 35.2 Å². The summed E-state index contributed by atoms with van der Waals surface area (Å²) in [6.45, 7) is 0.912. The van der Waals surface area contributed by atoms with Crippen LogP contribution < -0.4 is 0 Å². The minimum atomic E-state index is -0.788. The minimum absolute atomic E-state index is 0.0884. The third-order valence-corrected chi connectivity index (χ3v) is 6.59. The summed E-state index contributed by atoms with van der Waals surface area (Å²) in [5.41, 5.74) is 1.03. The number of rotatable bonds is 4. The number of carbonyl (C=O) groups excluding carboxylic acids is 1. The molecule has 4 heteroatoms. The van der Waals surface area contributed by atoms with Crippen LogP contribution in [0, 0.1) is 23.7 Å². The van der Waals surface area contributed by atoms with Gasteiger partial charge in [0.05, 0.1) is 5.92 Å². The topological polar surface area (TPSA) is 57.6 Å². The molecule has 1 amide bonds. The number of hydrogen-bond donors (Lipinski definition) is 1. The Morgan fingerprint density at radius 3 is 2.36 bits per heavy atom. The molecular weight excluding hydrogens is 314 g/mol. The molecule has 1 aliphatic heterocycles. The van der Waals surface area contributed by atoms with Crippen LogP contribution in [0.3, 0.4) is 0 Å². The Balaban J connectivity index is 1.43. The van der Waals surface area contributed by atoms with Crippen LogP contribution in [0.1, 0.15) is 50.0 Å². The van der Waals surface area contributed by atoms with Gasteiger partial charge in [0.2, 0.25) is 5.91 Å². The fourth-order valence-corrected chi connectivity index (χ4v) is 5.09. The lowest BCUT2D eigenvalue weighted by Crippen LogP contribution is -2.32. The summed E-state index contributed by atoms with van der Waals surface area (Å²) >= 11 is 0. The Labute approximate surface area is 149 Å². The van der Waals surface area contributed by atoms with Crippen molar-refractivity contribution in [3.05, 3.63) is 35.9 Å². The Morgan fingerprint density at radius 2 is 1.68 bits per heavy atom. The van der Waals surface area contributed by atoms with E-state index in [4.69, 9.17) is 0 Å². The molecular formula is C21H27NO3. The van der Waals surface area contributed by atoms with Gasteiger partial charge in [-0.15, -0.1) is 0 Å². The van der Waals surface area contributed by atoms with Gasteiger partial charge in [-0.2, -0.15) is 0 Å². The number of amides is 1. The number of likely N-dealkylation sites (tertiary alicyclic amines) is 1. The van der Waals surface area contributed by atoms with Crippen LogP contribution in [0.25, 0.3) is 0 Å². The standard InChI is InChI=1S/C21H27NO3/c23-20(17-11-16(17)14-7-3-1-4-8-14)22-12-18(19(13-22)21(24)25)15-9-5-2-6-10-15/h2,5-6,9-10,14,16-19H,1,3-4,7-8,11-13H2,(H,24,25). The first-order valence-electron chi connectivity index (χ1n) is 9.71. The summed E-state index contributed by atoms with van der Waals surface area (Å²) in [6, 6.07) is 9.79. The van der Waals surface area contributed by atoms with Crippen molar-refractivity contribution in [3.8, 4) is 0 Å². The van der Waals surface area contributed by atoms with Crippen LogP contribution in [0.2, 0.25) is 0 Å². The molecule has 1 aromatic carbocycles. The summed E-state index contributed by atoms with van der Waals surface area (Å²) in [5, 5.41) is 9.62. The van der Waals surface area contributed by atoms with E-state index in [-0.39, 0.29) is 17.7 Å². The quantitative estimate of drug-likeness (QED) is 0.911. The molecule has 2 aliphatic carbocycles. The third-order valence-electron chi connectivity index (χ3n) is 6.59. The van der Waals surface area contributed by atoms with Crippen LogP contribution in [0.5, 0.6) is 0 Å². The SMILES string of the molecule is O=C(O)C1CN(C(=O)C2CC2C2CCCCC2)CC1c1ccccc1. The fraction of sp³-hybridized carbons (Fsp3) is 0.619. The van der Waals surface area contributed by atoms with Gasteiger partial charge in [-0.05, 0) is 23.8 Å². The van der Waals surface area contributed by atoms with Gasteiger partial charge in [0.25, 0.3) is 0 Å². The Hall–Kier alpha value is -1.84. The highest BCUT2D eigenvalue weighted by Gasteiger charge is 2.51. The summed E-state index contributed by atoms with van der Waals surface area (Å²) in [5.74, 6) is 0.293. The number of hydrogen-bond acceptors (Lipinski definition) is 2. The van der Waals surface area contributed by atoms with Crippen LogP contribution >= 0.6 is 0 Å². The van der Waals surface area contributed by atoms with E-state index in [0.29, 0.717) is 19.0 Å². The number of nitrogens with zero attached hydrogens (tertiary/aromatic N) is 1. The van der Waals surface area contributed by atoms with Crippen LogP contribution in [-0.2, 0) is 9.59 Å². The van der Waals surface area contributed by atoms with Gasteiger partial charge in [0.15, 0.2) is 0 Å². The molecule has 1 saturated heterocycles. The van der Waals surface area contributed by atoms with Crippen molar-refractivity contribution in [2.75, 3.05) is 13.1 Å². The second kappa shape index (κ2) is 6.81. The van der Waals surface area contributed by atoms with E-state index >= 15 is 0 Å². The van der Waals surface area contributed by atoms with Crippen LogP contribution in [0.15, 0.2) is 30.3 Å². The van der Waals surface area contributed by atoms with Crippen molar-refractivity contribution in [3.63, 3.8) is 0 Å². The molecule has 134 valence electrons. The van der Waals surface area contributed by atoms with Crippen LogP contribution in [0.4, 0.5) is 0 Å². The predicted octanol–water partition coefficient (Wildman–Crippen LogP) is 3.53. The highest BCUT2D eigenvalue weighted by atomic mass is 16.4. The number of carboxylic acids is 1. The summed E-state index contributed by atoms with van der Waals surface area (Å²) in [6.07, 6.45) is 7.53. The molecule has 0 bridgehead atoms. The first-order chi connectivity index (χ1) is 12.1. The van der Waals surface area contributed by atoms with Crippen molar-refractivity contribution in [1.82, 2.24) is 4.90 Å². The third kappa shape index (κ3) is 3.31. The highest BCUT2D eigenvalue weighted by molar-refractivity contribution is 5.83. The van der Waals surface area contributed by atoms with Gasteiger partial charge in [-0.25, -0.2) is 0 Å². The van der Waals surface area contributed by atoms with Gasteiger partial charge in [-0.3, -0.25) is 9.59 Å². The molecule has 0 aromatic heterocycles. The zero-order valence-corrected chi connectivity index (χ0v) is 14.6. The number of carbonyl (C=O) groups is 2. The molecule has 1 aromatic rings. The molecule has 0 radical (unpaired) electrons. The van der Waals surface area contributed by atoms with Gasteiger partial charge in [0.1, 0.15) is 0 Å². The molecule has 4 rings (SSSR count). The number of carboxylic acid groups (broad SMARTS) is 1. The lowest BCUT2D eigenvalue weighted by molar-refractivity contribution is -0.142. The van der Waals surface area contributed by atoms with Gasteiger partial charge < -0.3 is 10.0 Å². The van der Waals surface area contributed by atoms with E-state index in [0.717, 1.165) is 17.9 Å². The molecule has 2 saturated carbocycles. The smallest absolute Gasteiger partial charge is 0.308 e. The average Bonchev–Trinajstić information content (AvgIpc) is 3.32. The molecule has 3 fully saturated rings. The zero-order valence-electron chi connectivity index (χ0n) is 14.6. The Morgan fingerprint density at radius 1 is 0.960 bits per heavy atom. The second-order valence-electron chi connectivity index (χ2n) is 8.11. The molecule has 3 aliphatic rings. The fourth-order valence-electron chi connectivity index (χ4n) is 5.09. The first kappa shape index (κ1) is 16.6. The molecule has 4 nitrogen and oxygen atoms in total. The average molecular weight is 341 g/mol. The Kier molecular flexibility index (Phi) is 4.53. The maximum atomic E-state index is 12.9. The van der Waals surface area contributed by atoms with Crippen molar-refractivity contribution >= 4 is 11.9 Å². The molecule has 4 atom stereocenters. The van der Waals surface area contributed by atoms with E-state index in [1.165, 1.54) is 32.1 Å². The maximum Gasteiger partial charge on any atom is 0.308 e. The largest absolute Gasteiger partial charge is 0.481 e. The zero-order chi connectivity index (χ0) is 17.4. The predicted molar refractivity (Wildman–Crippen MR) is 95.1 cm³/mol. The summed E-state index contributed by atoms with van der Waals surface area (Å²) in [4.78, 5) is 26.5. The molecule has 0 spiro atoms. The number of benzene rings is 1. The first-order valence-corrected chi connectivity index (χ1v) is 9.71. The van der Waals surface area contributed by atoms with Crippen LogP contribution in [-0.4, -0.2) is 35.0 Å². The van der Waals surface area contributed by atoms with E-state index in [9.17, 15) is 14.7 Å². The van der Waals surface area contributed by atoms with Gasteiger partial charge in [0, 0.05) is 24.9 Å². The number of aliphatic carboxylic acids is 1. The van der Waals surface area contributed by atoms with Gasteiger partial charge in [-0.1, -0.05) is 62.4 Å². The van der Waals surface area contributed by atoms with Gasteiger partial charge >= 0.3 is 5.97 Å². The maximum absolute atomic E-state index is 12.9. The lowest BCUT2D eigenvalue weighted by atomic mass is 9.85. The molecule has 4 unspecified atom stereocenters. The monoisotopic (exact) mass is 341 g/mol. The Bertz CT molecular complexity index is 638. The normalized spacial score (nSPS) is 32.6. The van der Waals surface area contributed by atoms with Crippen molar-refractivity contribution in [2.45, 2.75) is 44.4 Å². The van der Waals surface area contributed by atoms with E-state index in [2.05, 4.69) is 0 Å². The molecule has 1 heterocycles. The summed E-state index contributed by atoms with van der Waals surface area (Å²) < 4.78 is 0. The second-order valence-corrected chi connectivity index (χ2v) is 8.11. The van der Waals surface area contributed by atoms with E-state index < -0.39 is 11.9 Å². The van der Waals surface area contributed by atoms with Crippen molar-refractivity contribution < 1.29 is 14.7 Å². The van der Waals surface area contributed by atoms with Crippen molar-refractivity contribution in [1.29, 1.82) is 0 Å². The summed E-state index contributed by atoms with van der Waals surface area (Å²) in [7, 11) is 0. The minimum Gasteiger partial charge on any atom is -0.481 e. The molecule has 1 N–H and O–H groups in total. The lowest BCUT2D eigenvalue weighted by Gasteiger charge is -2.22. The van der Waals surface area contributed by atoms with E-state index in [1.54, 1.807) is 0 Å². The van der Waals surface area contributed by atoms with Crippen molar-refractivity contribution in [2.24, 2.45) is 23.7 Å². The molecule has 25 heavy (non-hydrogen) atoms.